The first-order valence-electron chi connectivity index (χ1n) is 26.5. The molecule has 0 unspecified atom stereocenters. The van der Waals surface area contributed by atoms with Crippen molar-refractivity contribution < 1.29 is 0 Å². The van der Waals surface area contributed by atoms with Crippen LogP contribution in [0.2, 0.25) is 0 Å². The molecule has 133 heavy (non-hydrogen) atoms. The minimum Gasteiger partial charge on any atom is -0.183 e. The van der Waals surface area contributed by atoms with Crippen molar-refractivity contribution in [3.63, 3.8) is 0 Å². The van der Waals surface area contributed by atoms with Gasteiger partial charge in [-0.05, 0) is 106 Å². The van der Waals surface area contributed by atoms with E-state index in [0.717, 1.165) is 0 Å². The van der Waals surface area contributed by atoms with Crippen LogP contribution in [0.3, 0.4) is 0 Å². The molecule has 0 aromatic heterocycles. The average Bonchev–Trinajstić information content (AvgIpc) is 1.11. The summed E-state index contributed by atoms with van der Waals surface area (Å²) in [4.78, 5) is 0. The maximum absolute atomic E-state index is 6.27. The highest BCUT2D eigenvalue weighted by molar-refractivity contribution is 14.1. The summed E-state index contributed by atoms with van der Waals surface area (Å²) in [6, 6.07) is 0. The van der Waals surface area contributed by atoms with Crippen molar-refractivity contribution in [1.82, 2.24) is 0 Å². The number of hydrogen-bond acceptors (Lipinski definition) is 2. The normalized spacial score (nSPS) is 15.7. The fourth-order valence-corrected chi connectivity index (χ4v) is 2.43. The third-order valence-corrected chi connectivity index (χ3v) is 5.47. The molecule has 0 heterocycles. The van der Waals surface area contributed by atoms with Gasteiger partial charge in [0.05, 0.1) is 4.22 Å². The maximum Gasteiger partial charge on any atom is 0.0897 e. The summed E-state index contributed by atoms with van der Waals surface area (Å²) in [5.41, 5.74) is 6.27. The zero-order valence-corrected chi connectivity index (χ0v) is 61.8. The van der Waals surface area contributed by atoms with Crippen LogP contribution in [0, 0.1) is 5.53 Å². The predicted molar refractivity (Wildman–Crippen MR) is 338 cm³/mol. The SMILES string of the molecule is N=NN=NN=NN=NN=NN=NN=NN=NN=NN=NN=NN=NN=NN=NN=NN=NN=NN=NN=NN=NN=NN=NN=NN=NN=NN=NN=NN=NN=NN=NN=NN=NN=NN=NN=NN=NN=NN=NN=NN=NN=NN=NN=NN=NN=NN=NN=NN=NN=NN=NN=NN=NN=NN=NN=NN=NN=NN=NN=NN=NN=NN=NN=NN=NN=NN=CI. The van der Waals surface area contributed by atoms with Crippen molar-refractivity contribution in [3.8, 4) is 0 Å². The zero-order chi connectivity index (χ0) is 94.6. The smallest absolute Gasteiger partial charge is 0.0897 e. The maximum atomic E-state index is 6.27. The standard InChI is InChI=1S/CH2IN131/c2-1-4-6-8-10-12-14-16-18-20-22-24-26-28-30-32-34-36-38-40-42-44-46-48-50-52-54-56-58-60-62-64-66-68-70-72-74-76-78-80-82-84-86-88-90-92-94-96-98-100-102-104-106-108-110-112-114-116-118-120-122-124-126-128-130-132-133-131-129-127-125-123-121-119-117-115-113-111-109-107-105-103-101-99-97-95-93-91-89-87-85-83-81-79-77-75-73-71-69-67-65-63-61-59-57-55-53-51-49-47-45-43-41-39-37-35-33-31-29-27-25-23-21-19-17-15-13-11-9-7-5-3/h1,3H. The Morgan fingerprint density at radius 3 is 0.165 bits per heavy atom. The second kappa shape index (κ2) is 106. The molecular weight excluding hydrogens is 1970 g/mol. The number of nitrogens with zero attached hydrogens (tertiary/aromatic N) is 130. The van der Waals surface area contributed by atoms with Gasteiger partial charge in [-0.2, -0.15) is 5.53 Å². The highest BCUT2D eigenvalue weighted by Gasteiger charge is 1.83. The molecular formula is CH2IN131. The summed E-state index contributed by atoms with van der Waals surface area (Å²) in [5, 5.41) is 390. The highest BCUT2D eigenvalue weighted by atomic mass is 127. The Labute approximate surface area is 710 Å². The van der Waals surface area contributed by atoms with Crippen molar-refractivity contribution in [1.29, 1.82) is 5.53 Å². The van der Waals surface area contributed by atoms with Gasteiger partial charge >= 0.3 is 0 Å². The lowest BCUT2D eigenvalue weighted by Crippen LogP contribution is -1.52. The van der Waals surface area contributed by atoms with Crippen LogP contribution < -0.4 is 0 Å². The van der Waals surface area contributed by atoms with Crippen molar-refractivity contribution in [2.45, 2.75) is 0 Å². The summed E-state index contributed by atoms with van der Waals surface area (Å²) in [5.74, 6) is 0. The van der Waals surface area contributed by atoms with Crippen LogP contribution in [0.1, 0.15) is 0 Å². The van der Waals surface area contributed by atoms with Crippen molar-refractivity contribution in [2.24, 2.45) is 679 Å². The average molecular weight is 1980 g/mol. The lowest BCUT2D eigenvalue weighted by Gasteiger charge is -1.71. The molecule has 0 aromatic carbocycles. The fraction of sp³-hybridized carbons (Fsp3) is 0. The minimum absolute atomic E-state index is 1.33. The van der Waals surface area contributed by atoms with E-state index >= 15 is 0 Å². The Morgan fingerprint density at radius 2 is 0.120 bits per heavy atom. The third-order valence-electron chi connectivity index (χ3n) is 5.22. The minimum atomic E-state index is 1.33. The van der Waals surface area contributed by atoms with Crippen LogP contribution in [-0.4, -0.2) is 4.22 Å². The van der Waals surface area contributed by atoms with E-state index in [4.69, 9.17) is 5.53 Å². The van der Waals surface area contributed by atoms with Gasteiger partial charge in [-0.3, -0.25) is 0 Å². The second-order valence-corrected chi connectivity index (χ2v) is 12.3. The lowest BCUT2D eigenvalue weighted by atomic mass is 11.7. The van der Waals surface area contributed by atoms with E-state index < -0.39 is 0 Å². The number of halogens is 1. The first-order chi connectivity index (χ1) is 66.4. The van der Waals surface area contributed by atoms with Gasteiger partial charge in [-0.25, -0.2) is 0 Å². The molecule has 0 aliphatic heterocycles. The van der Waals surface area contributed by atoms with Crippen LogP contribution in [0.4, 0.5) is 0 Å². The molecule has 131 nitrogen and oxygen atoms in total. The molecule has 0 spiro atoms. The number of rotatable bonds is 65. The van der Waals surface area contributed by atoms with Gasteiger partial charge in [0.15, 0.2) is 0 Å². The molecule has 0 saturated heterocycles. The highest BCUT2D eigenvalue weighted by Crippen LogP contribution is 2.02. The molecule has 0 aromatic rings. The first kappa shape index (κ1) is 107. The first-order valence-corrected chi connectivity index (χ1v) is 27.7. The molecule has 0 atom stereocenters. The lowest BCUT2D eigenvalue weighted by molar-refractivity contribution is 0.722. The van der Waals surface area contributed by atoms with E-state index in [1.807, 2.05) is 22.6 Å². The Kier molecular flexibility index (Phi) is 85.9. The monoisotopic (exact) mass is 1980 g/mol. The molecule has 0 fully saturated rings. The van der Waals surface area contributed by atoms with E-state index in [0.29, 0.717) is 0 Å². The predicted octanol–water partition coefficient (Wildman–Crippen LogP) is 24.9. The summed E-state index contributed by atoms with van der Waals surface area (Å²) < 4.78 is 1.33. The topological polar surface area (TPSA) is 1630 Å². The molecule has 0 bridgehead atoms. The molecule has 1 N–H and O–H groups in total. The summed E-state index contributed by atoms with van der Waals surface area (Å²) in [7, 11) is 0. The van der Waals surface area contributed by atoms with Crippen molar-refractivity contribution >= 4 is 26.8 Å². The van der Waals surface area contributed by atoms with E-state index in [1.165, 1.54) is 4.22 Å². The molecule has 0 rings (SSSR count). The van der Waals surface area contributed by atoms with Crippen molar-refractivity contribution in [3.05, 3.63) is 0 Å². The van der Waals surface area contributed by atoms with Gasteiger partial charge in [-0.15, -0.1) is 5.10 Å². The molecule has 0 saturated carbocycles. The Morgan fingerprint density at radius 1 is 0.0752 bits per heavy atom. The largest absolute Gasteiger partial charge is 0.183 e. The van der Waals surface area contributed by atoms with Gasteiger partial charge in [0.2, 0.25) is 0 Å². The Balaban J connectivity index is 4.14. The zero-order valence-electron chi connectivity index (χ0n) is 59.6. The second-order valence-electron chi connectivity index (χ2n) is 11.8. The Hall–Kier alpha value is -25.6. The molecule has 0 aliphatic carbocycles. The van der Waals surface area contributed by atoms with Crippen LogP contribution in [0.15, 0.2) is 679 Å². The van der Waals surface area contributed by atoms with E-state index in [2.05, 4.69) is 679 Å². The van der Waals surface area contributed by atoms with Gasteiger partial charge < -0.3 is 0 Å². The fourth-order valence-electron chi connectivity index (χ4n) is 2.32. The van der Waals surface area contributed by atoms with Crippen LogP contribution >= 0.6 is 22.6 Å². The van der Waals surface area contributed by atoms with Gasteiger partial charge in [0.25, 0.3) is 0 Å². The molecule has 668 valence electrons. The number of nitrogens with one attached hydrogen (secondary N) is 1. The summed E-state index contributed by atoms with van der Waals surface area (Å²) >= 11 is 1.81. The molecule has 0 aliphatic rings. The quantitative estimate of drug-likeness (QED) is 0.0257. The van der Waals surface area contributed by atoms with Gasteiger partial charge in [0, 0.05) is 590 Å². The van der Waals surface area contributed by atoms with Crippen LogP contribution in [0.5, 0.6) is 0 Å². The van der Waals surface area contributed by atoms with E-state index in [-0.39, 0.29) is 0 Å². The van der Waals surface area contributed by atoms with Gasteiger partial charge in [0.1, 0.15) is 0 Å². The Bertz CT molecular complexity index is 4840. The van der Waals surface area contributed by atoms with E-state index in [9.17, 15) is 0 Å². The molecule has 0 radical (unpaired) electrons. The van der Waals surface area contributed by atoms with Crippen LogP contribution in [0.25, 0.3) is 0 Å². The van der Waals surface area contributed by atoms with Crippen LogP contribution in [-0.2, 0) is 0 Å². The summed E-state index contributed by atoms with van der Waals surface area (Å²) in [6.45, 7) is 0. The molecule has 132 heteroatoms. The third kappa shape index (κ3) is 106. The van der Waals surface area contributed by atoms with Gasteiger partial charge in [-0.1, -0.05) is 0 Å². The van der Waals surface area contributed by atoms with Crippen molar-refractivity contribution in [2.75, 3.05) is 0 Å². The summed E-state index contributed by atoms with van der Waals surface area (Å²) in [6.07, 6.45) is 0. The number of hydrogen-bond donors (Lipinski definition) is 1. The van der Waals surface area contributed by atoms with E-state index in [1.54, 1.807) is 0 Å². The molecule has 0 amide bonds.